The second-order valence-electron chi connectivity index (χ2n) is 9.16. The molecular weight excluding hydrogens is 423 g/mol. The first-order chi connectivity index (χ1) is 15.9. The lowest BCUT2D eigenvalue weighted by atomic mass is 9.86. The molecule has 3 aromatic heterocycles. The standard InChI is InChI=1S/C23H25FN8O/c1-12-27-8-14(9-28-12)33-22-30-20-18(15-6-13(24)7-16(25-3)19(15)29-20)21(31-22)32-10-17-23(2,11-32)4-5-26-17/h6-9,17,25-26H,4-5,10-11H2,1-3H3,(H,29,30,31)/t17-,23+/m0/s1. The van der Waals surface area contributed by atoms with E-state index in [2.05, 4.69) is 42.4 Å². The van der Waals surface area contributed by atoms with Crippen LogP contribution in [0.1, 0.15) is 19.2 Å². The van der Waals surface area contributed by atoms with Gasteiger partial charge >= 0.3 is 6.01 Å². The van der Waals surface area contributed by atoms with E-state index in [-0.39, 0.29) is 17.2 Å². The maximum atomic E-state index is 14.5. The lowest BCUT2D eigenvalue weighted by molar-refractivity contribution is 0.356. The van der Waals surface area contributed by atoms with Gasteiger partial charge < -0.3 is 25.3 Å². The van der Waals surface area contributed by atoms with E-state index in [1.807, 2.05) is 6.92 Å². The number of hydrogen-bond acceptors (Lipinski definition) is 8. The van der Waals surface area contributed by atoms with Gasteiger partial charge in [0.1, 0.15) is 23.1 Å². The van der Waals surface area contributed by atoms with Crippen molar-refractivity contribution in [1.29, 1.82) is 0 Å². The molecule has 2 aliphatic rings. The van der Waals surface area contributed by atoms with Gasteiger partial charge in [-0.1, -0.05) is 6.92 Å². The Labute approximate surface area is 189 Å². The Bertz CT molecular complexity index is 1370. The van der Waals surface area contributed by atoms with Gasteiger partial charge in [-0.15, -0.1) is 0 Å². The number of rotatable bonds is 4. The highest BCUT2D eigenvalue weighted by atomic mass is 19.1. The minimum absolute atomic E-state index is 0.163. The van der Waals surface area contributed by atoms with Gasteiger partial charge in [0.2, 0.25) is 0 Å². The third kappa shape index (κ3) is 3.24. The predicted octanol–water partition coefficient (Wildman–Crippen LogP) is 3.37. The Morgan fingerprint density at radius 1 is 1.24 bits per heavy atom. The number of aromatic amines is 1. The zero-order valence-corrected chi connectivity index (χ0v) is 18.7. The lowest BCUT2D eigenvalue weighted by Gasteiger charge is -2.23. The van der Waals surface area contributed by atoms with Crippen LogP contribution >= 0.6 is 0 Å². The molecule has 0 saturated carbocycles. The highest BCUT2D eigenvalue weighted by molar-refractivity contribution is 6.14. The quantitative estimate of drug-likeness (QED) is 0.437. The number of nitrogens with zero attached hydrogens (tertiary/aromatic N) is 5. The molecule has 0 amide bonds. The molecule has 2 fully saturated rings. The summed E-state index contributed by atoms with van der Waals surface area (Å²) in [5.74, 6) is 1.53. The summed E-state index contributed by atoms with van der Waals surface area (Å²) in [6.45, 7) is 6.82. The van der Waals surface area contributed by atoms with E-state index >= 15 is 0 Å². The number of aryl methyl sites for hydroxylation is 1. The van der Waals surface area contributed by atoms with Gasteiger partial charge in [-0.25, -0.2) is 14.4 Å². The Morgan fingerprint density at radius 2 is 2.06 bits per heavy atom. The molecule has 2 aliphatic heterocycles. The molecule has 33 heavy (non-hydrogen) atoms. The third-order valence-corrected chi connectivity index (χ3v) is 6.90. The summed E-state index contributed by atoms with van der Waals surface area (Å²) >= 11 is 0. The number of H-pyrrole nitrogens is 1. The molecule has 1 aromatic carbocycles. The van der Waals surface area contributed by atoms with Gasteiger partial charge in [-0.3, -0.25) is 0 Å². The van der Waals surface area contributed by atoms with E-state index in [0.29, 0.717) is 29.0 Å². The molecule has 0 unspecified atom stereocenters. The van der Waals surface area contributed by atoms with E-state index < -0.39 is 0 Å². The average molecular weight is 449 g/mol. The van der Waals surface area contributed by atoms with Gasteiger partial charge in [-0.05, 0) is 32.0 Å². The summed E-state index contributed by atoms with van der Waals surface area (Å²) in [6, 6.07) is 3.58. The molecule has 0 aliphatic carbocycles. The fourth-order valence-electron chi connectivity index (χ4n) is 5.14. The first-order valence-corrected chi connectivity index (χ1v) is 11.1. The van der Waals surface area contributed by atoms with E-state index in [1.165, 1.54) is 12.1 Å². The summed E-state index contributed by atoms with van der Waals surface area (Å²) in [5, 5.41) is 8.21. The number of halogens is 1. The van der Waals surface area contributed by atoms with Crippen LogP contribution in [0.25, 0.3) is 21.9 Å². The minimum atomic E-state index is -0.317. The summed E-state index contributed by atoms with van der Waals surface area (Å²) in [4.78, 5) is 23.4. The monoisotopic (exact) mass is 448 g/mol. The van der Waals surface area contributed by atoms with Gasteiger partial charge in [0.25, 0.3) is 0 Å². The SMILES string of the molecule is CNc1cc(F)cc2c1[nH]c1nc(Oc3cnc(C)nc3)nc(N3C[C@@H]4NCC[C@]4(C)C3)c12. The first-order valence-electron chi connectivity index (χ1n) is 11.1. The Hall–Kier alpha value is -3.53. The molecule has 6 rings (SSSR count). The Balaban J connectivity index is 1.53. The molecule has 0 spiro atoms. The van der Waals surface area contributed by atoms with Crippen LogP contribution in [0.4, 0.5) is 15.9 Å². The summed E-state index contributed by atoms with van der Waals surface area (Å²) in [5.41, 5.74) is 2.20. The number of benzene rings is 1. The van der Waals surface area contributed by atoms with E-state index in [0.717, 1.165) is 48.2 Å². The van der Waals surface area contributed by atoms with Crippen molar-refractivity contribution in [3.05, 3.63) is 36.2 Å². The molecule has 2 saturated heterocycles. The number of anilines is 2. The molecule has 2 atom stereocenters. The van der Waals surface area contributed by atoms with Gasteiger partial charge in [0, 0.05) is 37.0 Å². The molecule has 4 aromatic rings. The second kappa shape index (κ2) is 7.24. The van der Waals surface area contributed by atoms with Gasteiger partial charge in [-0.2, -0.15) is 9.97 Å². The summed E-state index contributed by atoms with van der Waals surface area (Å²) < 4.78 is 20.4. The minimum Gasteiger partial charge on any atom is -0.421 e. The Morgan fingerprint density at radius 3 is 2.82 bits per heavy atom. The number of aromatic nitrogens is 5. The average Bonchev–Trinajstić information content (AvgIpc) is 3.43. The van der Waals surface area contributed by atoms with Crippen LogP contribution < -0.4 is 20.3 Å². The van der Waals surface area contributed by atoms with Crippen LogP contribution in [-0.4, -0.2) is 57.6 Å². The van der Waals surface area contributed by atoms with Crippen LogP contribution in [0.5, 0.6) is 11.8 Å². The van der Waals surface area contributed by atoms with Crippen molar-refractivity contribution >= 4 is 33.4 Å². The van der Waals surface area contributed by atoms with Crippen LogP contribution in [0.3, 0.4) is 0 Å². The zero-order chi connectivity index (χ0) is 22.7. The van der Waals surface area contributed by atoms with Gasteiger partial charge in [0.15, 0.2) is 5.75 Å². The third-order valence-electron chi connectivity index (χ3n) is 6.90. The van der Waals surface area contributed by atoms with Crippen LogP contribution in [-0.2, 0) is 0 Å². The maximum Gasteiger partial charge on any atom is 0.326 e. The topological polar surface area (TPSA) is 104 Å². The van der Waals surface area contributed by atoms with Crippen molar-refractivity contribution in [2.75, 3.05) is 36.9 Å². The fraction of sp³-hybridized carbons (Fsp3) is 0.391. The molecular formula is C23H25FN8O. The summed E-state index contributed by atoms with van der Waals surface area (Å²) in [7, 11) is 1.77. The van der Waals surface area contributed by atoms with Crippen molar-refractivity contribution in [2.24, 2.45) is 5.41 Å². The van der Waals surface area contributed by atoms with Crippen LogP contribution in [0.15, 0.2) is 24.5 Å². The highest BCUT2D eigenvalue weighted by Crippen LogP contribution is 2.43. The number of nitrogens with one attached hydrogen (secondary N) is 3. The molecule has 0 bridgehead atoms. The second-order valence-corrected chi connectivity index (χ2v) is 9.16. The number of hydrogen-bond donors (Lipinski definition) is 3. The van der Waals surface area contributed by atoms with Crippen molar-refractivity contribution in [3.63, 3.8) is 0 Å². The first kappa shape index (κ1) is 20.1. The van der Waals surface area contributed by atoms with E-state index in [9.17, 15) is 4.39 Å². The number of ether oxygens (including phenoxy) is 1. The number of fused-ring (bicyclic) bond motifs is 4. The largest absolute Gasteiger partial charge is 0.421 e. The molecule has 0 radical (unpaired) electrons. The lowest BCUT2D eigenvalue weighted by Crippen LogP contribution is -2.33. The van der Waals surface area contributed by atoms with Gasteiger partial charge in [0.05, 0.1) is 29.0 Å². The smallest absolute Gasteiger partial charge is 0.326 e. The fourth-order valence-corrected chi connectivity index (χ4v) is 5.14. The molecule has 170 valence electrons. The van der Waals surface area contributed by atoms with E-state index in [4.69, 9.17) is 9.72 Å². The zero-order valence-electron chi connectivity index (χ0n) is 18.7. The van der Waals surface area contributed by atoms with Crippen molar-refractivity contribution < 1.29 is 9.13 Å². The maximum absolute atomic E-state index is 14.5. The van der Waals surface area contributed by atoms with Crippen molar-refractivity contribution in [2.45, 2.75) is 26.3 Å². The molecule has 10 heteroatoms. The van der Waals surface area contributed by atoms with Crippen molar-refractivity contribution in [3.8, 4) is 11.8 Å². The highest BCUT2D eigenvalue weighted by Gasteiger charge is 2.47. The normalized spacial score (nSPS) is 22.3. The van der Waals surface area contributed by atoms with Crippen LogP contribution in [0, 0.1) is 18.2 Å². The predicted molar refractivity (Wildman–Crippen MR) is 124 cm³/mol. The van der Waals surface area contributed by atoms with Crippen LogP contribution in [0.2, 0.25) is 0 Å². The molecule has 5 heterocycles. The molecule has 9 nitrogen and oxygen atoms in total. The molecule has 3 N–H and O–H groups in total. The van der Waals surface area contributed by atoms with E-state index in [1.54, 1.807) is 19.4 Å². The van der Waals surface area contributed by atoms with Crippen molar-refractivity contribution in [1.82, 2.24) is 30.2 Å². The summed E-state index contributed by atoms with van der Waals surface area (Å²) in [6.07, 6.45) is 4.31. The Kier molecular flexibility index (Phi) is 4.41.